The monoisotopic (exact) mass is 349 g/mol. The highest BCUT2D eigenvalue weighted by Gasteiger charge is 2.05. The summed E-state index contributed by atoms with van der Waals surface area (Å²) in [6, 6.07) is 5.07. The van der Waals surface area contributed by atoms with Gasteiger partial charge in [-0.25, -0.2) is 14.4 Å². The second-order valence-corrected chi connectivity index (χ2v) is 6.48. The molecule has 0 bridgehead atoms. The van der Waals surface area contributed by atoms with Crippen LogP contribution in [0.2, 0.25) is 0 Å². The summed E-state index contributed by atoms with van der Waals surface area (Å²) in [5, 5.41) is 9.50. The highest BCUT2D eigenvalue weighted by atomic mass is 32.1. The minimum atomic E-state index is -0.187. The van der Waals surface area contributed by atoms with E-state index < -0.39 is 0 Å². The number of guanidine groups is 1. The Morgan fingerprint density at radius 3 is 2.75 bits per heavy atom. The van der Waals surface area contributed by atoms with Crippen molar-refractivity contribution in [1.82, 2.24) is 15.6 Å². The molecule has 130 valence electrons. The molecule has 0 fully saturated rings. The molecule has 0 aliphatic heterocycles. The van der Waals surface area contributed by atoms with Crippen molar-refractivity contribution in [3.8, 4) is 0 Å². The maximum absolute atomic E-state index is 13.3. The van der Waals surface area contributed by atoms with Gasteiger partial charge in [0, 0.05) is 26.0 Å². The van der Waals surface area contributed by atoms with Gasteiger partial charge in [0.05, 0.1) is 18.8 Å². The Bertz CT molecular complexity index is 696. The van der Waals surface area contributed by atoms with E-state index >= 15 is 0 Å². The molecule has 5 nitrogen and oxygen atoms in total. The average molecular weight is 349 g/mol. The first-order valence-electron chi connectivity index (χ1n) is 7.88. The van der Waals surface area contributed by atoms with Crippen LogP contribution in [0.25, 0.3) is 0 Å². The van der Waals surface area contributed by atoms with E-state index in [1.807, 2.05) is 37.4 Å². The lowest BCUT2D eigenvalue weighted by atomic mass is 10.1. The highest BCUT2D eigenvalue weighted by Crippen LogP contribution is 2.17. The van der Waals surface area contributed by atoms with E-state index in [9.17, 15) is 4.39 Å². The van der Waals surface area contributed by atoms with Crippen molar-refractivity contribution < 1.29 is 4.39 Å². The fourth-order valence-electron chi connectivity index (χ4n) is 2.07. The maximum atomic E-state index is 13.3. The first kappa shape index (κ1) is 18.2. The molecule has 0 saturated carbocycles. The Balaban J connectivity index is 1.98. The summed E-state index contributed by atoms with van der Waals surface area (Å²) in [5.74, 6) is 0.534. The Kier molecular flexibility index (Phi) is 6.54. The number of anilines is 1. The molecule has 0 aliphatic carbocycles. The molecule has 1 heterocycles. The van der Waals surface area contributed by atoms with Crippen LogP contribution in [0.4, 0.5) is 9.52 Å². The maximum Gasteiger partial charge on any atom is 0.191 e. The third kappa shape index (κ3) is 5.19. The van der Waals surface area contributed by atoms with Gasteiger partial charge < -0.3 is 15.5 Å². The van der Waals surface area contributed by atoms with Crippen molar-refractivity contribution >= 4 is 22.4 Å². The summed E-state index contributed by atoms with van der Waals surface area (Å²) < 4.78 is 13.3. The van der Waals surface area contributed by atoms with Gasteiger partial charge in [-0.1, -0.05) is 12.1 Å². The van der Waals surface area contributed by atoms with Gasteiger partial charge in [-0.05, 0) is 31.0 Å². The Hall–Kier alpha value is -2.15. The highest BCUT2D eigenvalue weighted by molar-refractivity contribution is 7.13. The minimum Gasteiger partial charge on any atom is -0.357 e. The summed E-state index contributed by atoms with van der Waals surface area (Å²) in [5.41, 5.74) is 2.60. The Morgan fingerprint density at radius 1 is 1.33 bits per heavy atom. The average Bonchev–Trinajstić information content (AvgIpc) is 3.02. The zero-order chi connectivity index (χ0) is 17.5. The lowest BCUT2D eigenvalue weighted by Crippen LogP contribution is -2.36. The summed E-state index contributed by atoms with van der Waals surface area (Å²) >= 11 is 1.61. The van der Waals surface area contributed by atoms with Crippen molar-refractivity contribution in [3.05, 3.63) is 46.2 Å². The van der Waals surface area contributed by atoms with Gasteiger partial charge >= 0.3 is 0 Å². The Labute approximate surface area is 146 Å². The number of hydrogen-bond donors (Lipinski definition) is 2. The number of aliphatic imine (C=N–C) groups is 1. The number of aryl methyl sites for hydroxylation is 1. The van der Waals surface area contributed by atoms with Gasteiger partial charge in [0.25, 0.3) is 0 Å². The Morgan fingerprint density at radius 2 is 2.12 bits per heavy atom. The quantitative estimate of drug-likeness (QED) is 0.622. The van der Waals surface area contributed by atoms with Crippen molar-refractivity contribution in [3.63, 3.8) is 0 Å². The van der Waals surface area contributed by atoms with Crippen LogP contribution in [0.5, 0.6) is 0 Å². The van der Waals surface area contributed by atoms with E-state index in [0.717, 1.165) is 28.9 Å². The molecule has 0 spiro atoms. The van der Waals surface area contributed by atoms with Crippen LogP contribution in [0, 0.1) is 12.7 Å². The number of halogens is 1. The molecular weight excluding hydrogens is 325 g/mol. The molecule has 1 aromatic heterocycles. The summed E-state index contributed by atoms with van der Waals surface area (Å²) in [6.45, 7) is 5.66. The molecule has 0 aliphatic rings. The van der Waals surface area contributed by atoms with Crippen LogP contribution in [-0.2, 0) is 13.1 Å². The van der Waals surface area contributed by atoms with E-state index in [1.54, 1.807) is 24.3 Å². The van der Waals surface area contributed by atoms with Crippen molar-refractivity contribution in [2.24, 2.45) is 4.99 Å². The van der Waals surface area contributed by atoms with Crippen molar-refractivity contribution in [2.45, 2.75) is 26.9 Å². The predicted octanol–water partition coefficient (Wildman–Crippen LogP) is 2.91. The normalized spacial score (nSPS) is 11.5. The van der Waals surface area contributed by atoms with Gasteiger partial charge in [-0.2, -0.15) is 0 Å². The molecule has 2 rings (SSSR count). The number of thiazole rings is 1. The lowest BCUT2D eigenvalue weighted by Gasteiger charge is -2.11. The zero-order valence-electron chi connectivity index (χ0n) is 14.6. The van der Waals surface area contributed by atoms with Crippen LogP contribution in [-0.4, -0.2) is 31.6 Å². The van der Waals surface area contributed by atoms with E-state index in [4.69, 9.17) is 0 Å². The molecule has 0 unspecified atom stereocenters. The SMILES string of the molecule is CCNC(=NCc1ccc(F)c(C)c1)NCc1csc(N(C)C)n1. The van der Waals surface area contributed by atoms with Crippen LogP contribution in [0.1, 0.15) is 23.7 Å². The van der Waals surface area contributed by atoms with Crippen molar-refractivity contribution in [1.29, 1.82) is 0 Å². The number of hydrogen-bond acceptors (Lipinski definition) is 4. The van der Waals surface area contributed by atoms with E-state index in [1.165, 1.54) is 6.07 Å². The topological polar surface area (TPSA) is 52.6 Å². The predicted molar refractivity (Wildman–Crippen MR) is 99.2 cm³/mol. The molecule has 0 saturated heterocycles. The standard InChI is InChI=1S/C17H24FN5S/c1-5-19-16(20-9-13-6-7-15(18)12(2)8-13)21-10-14-11-24-17(22-14)23(3)4/h6-8,11H,5,9-10H2,1-4H3,(H2,19,20,21). The molecule has 7 heteroatoms. The fraction of sp³-hybridized carbons (Fsp3) is 0.412. The molecular formula is C17H24FN5S. The second kappa shape index (κ2) is 8.63. The summed E-state index contributed by atoms with van der Waals surface area (Å²) in [6.07, 6.45) is 0. The first-order chi connectivity index (χ1) is 11.5. The van der Waals surface area contributed by atoms with Crippen LogP contribution in [0.15, 0.2) is 28.6 Å². The molecule has 0 amide bonds. The fourth-order valence-corrected chi connectivity index (χ4v) is 2.83. The number of rotatable bonds is 6. The van der Waals surface area contributed by atoms with Gasteiger partial charge in [0.2, 0.25) is 0 Å². The lowest BCUT2D eigenvalue weighted by molar-refractivity contribution is 0.617. The first-order valence-corrected chi connectivity index (χ1v) is 8.76. The van der Waals surface area contributed by atoms with Crippen LogP contribution in [0.3, 0.4) is 0 Å². The molecule has 24 heavy (non-hydrogen) atoms. The van der Waals surface area contributed by atoms with Crippen molar-refractivity contribution in [2.75, 3.05) is 25.5 Å². The van der Waals surface area contributed by atoms with Crippen LogP contribution >= 0.6 is 11.3 Å². The second-order valence-electron chi connectivity index (χ2n) is 5.65. The number of aromatic nitrogens is 1. The molecule has 0 atom stereocenters. The number of nitrogens with one attached hydrogen (secondary N) is 2. The van der Waals surface area contributed by atoms with E-state index in [-0.39, 0.29) is 5.82 Å². The summed E-state index contributed by atoms with van der Waals surface area (Å²) in [7, 11) is 3.96. The van der Waals surface area contributed by atoms with E-state index in [0.29, 0.717) is 18.7 Å². The molecule has 2 aromatic rings. The minimum absolute atomic E-state index is 0.187. The number of nitrogens with zero attached hydrogens (tertiary/aromatic N) is 3. The smallest absolute Gasteiger partial charge is 0.191 e. The van der Waals surface area contributed by atoms with Gasteiger partial charge in [-0.15, -0.1) is 11.3 Å². The van der Waals surface area contributed by atoms with Gasteiger partial charge in [0.1, 0.15) is 5.82 Å². The molecule has 2 N–H and O–H groups in total. The summed E-state index contributed by atoms with van der Waals surface area (Å²) in [4.78, 5) is 11.1. The van der Waals surface area contributed by atoms with Crippen LogP contribution < -0.4 is 15.5 Å². The molecule has 1 aromatic carbocycles. The third-order valence-corrected chi connectivity index (χ3v) is 4.40. The van der Waals surface area contributed by atoms with Gasteiger partial charge in [0.15, 0.2) is 11.1 Å². The third-order valence-electron chi connectivity index (χ3n) is 3.35. The largest absolute Gasteiger partial charge is 0.357 e. The number of benzene rings is 1. The van der Waals surface area contributed by atoms with Gasteiger partial charge in [-0.3, -0.25) is 0 Å². The zero-order valence-corrected chi connectivity index (χ0v) is 15.4. The molecule has 0 radical (unpaired) electrons. The van der Waals surface area contributed by atoms with E-state index in [2.05, 4.69) is 20.6 Å².